The first kappa shape index (κ1) is 31.4. The van der Waals surface area contributed by atoms with Gasteiger partial charge in [0.15, 0.2) is 11.2 Å². The van der Waals surface area contributed by atoms with E-state index in [0.717, 1.165) is 15.0 Å². The van der Waals surface area contributed by atoms with E-state index in [1.165, 1.54) is 44.0 Å². The summed E-state index contributed by atoms with van der Waals surface area (Å²) in [5.74, 6) is -1.90. The van der Waals surface area contributed by atoms with Gasteiger partial charge in [-0.3, -0.25) is 33.0 Å². The number of fused-ring (bicyclic) bond motifs is 1. The van der Waals surface area contributed by atoms with Crippen LogP contribution in [0.15, 0.2) is 58.1 Å². The topological polar surface area (TPSA) is 158 Å². The minimum Gasteiger partial charge on any atom is -0.465 e. The summed E-state index contributed by atoms with van der Waals surface area (Å²) >= 11 is 0. The van der Waals surface area contributed by atoms with Crippen molar-refractivity contribution >= 4 is 46.6 Å². The van der Waals surface area contributed by atoms with Gasteiger partial charge in [-0.05, 0) is 23.8 Å². The number of esters is 2. The molecule has 15 nitrogen and oxygen atoms in total. The molecular weight excluding hydrogens is 610 g/mol. The zero-order chi connectivity index (χ0) is 33.6. The van der Waals surface area contributed by atoms with Gasteiger partial charge in [0.05, 0.1) is 50.0 Å². The molecule has 15 heteroatoms. The molecule has 2 aliphatic rings. The predicted molar refractivity (Wildman–Crippen MR) is 170 cm³/mol. The van der Waals surface area contributed by atoms with Crippen LogP contribution < -0.4 is 21.0 Å². The largest absolute Gasteiger partial charge is 0.465 e. The summed E-state index contributed by atoms with van der Waals surface area (Å²) in [6.45, 7) is 2.00. The van der Waals surface area contributed by atoms with Crippen LogP contribution in [0.3, 0.4) is 0 Å². The van der Waals surface area contributed by atoms with E-state index in [2.05, 4.69) is 0 Å². The zero-order valence-electron chi connectivity index (χ0n) is 26.3. The monoisotopic (exact) mass is 643 g/mol. The first-order chi connectivity index (χ1) is 22.5. The molecule has 2 fully saturated rings. The van der Waals surface area contributed by atoms with Crippen molar-refractivity contribution in [3.8, 4) is 0 Å². The second kappa shape index (κ2) is 12.3. The van der Waals surface area contributed by atoms with E-state index in [9.17, 15) is 28.8 Å². The average molecular weight is 644 g/mol. The lowest BCUT2D eigenvalue weighted by Crippen LogP contribution is -2.53. The SMILES string of the molecule is COC(=O)c1cc(C(=O)OC)cc(N2C(=O)CC(N3CCN(c4nc5c(c(=O)n(C)c(=O)n5C)n4Cc4ccccc4)CC3)C2=O)c1. The maximum atomic E-state index is 13.7. The highest BCUT2D eigenvalue weighted by atomic mass is 16.5. The highest BCUT2D eigenvalue weighted by molar-refractivity contribution is 6.23. The van der Waals surface area contributed by atoms with E-state index in [4.69, 9.17) is 14.5 Å². The minimum absolute atomic E-state index is 0.00575. The number of carbonyl (C=O) groups is 4. The molecule has 2 aromatic heterocycles. The number of anilines is 2. The van der Waals surface area contributed by atoms with Gasteiger partial charge in [0.2, 0.25) is 11.9 Å². The highest BCUT2D eigenvalue weighted by Crippen LogP contribution is 2.30. The summed E-state index contributed by atoms with van der Waals surface area (Å²) in [7, 11) is 5.39. The molecule has 0 radical (unpaired) electrons. The minimum atomic E-state index is -0.760. The Morgan fingerprint density at radius 3 is 2.06 bits per heavy atom. The third-order valence-electron chi connectivity index (χ3n) is 8.69. The summed E-state index contributed by atoms with van der Waals surface area (Å²) in [4.78, 5) is 87.3. The highest BCUT2D eigenvalue weighted by Gasteiger charge is 2.44. The van der Waals surface area contributed by atoms with Gasteiger partial charge >= 0.3 is 17.6 Å². The Kier molecular flexibility index (Phi) is 8.23. The molecule has 244 valence electrons. The lowest BCUT2D eigenvalue weighted by atomic mass is 10.1. The van der Waals surface area contributed by atoms with Crippen LogP contribution in [-0.2, 0) is 39.7 Å². The number of imide groups is 1. The van der Waals surface area contributed by atoms with Crippen LogP contribution in [0.2, 0.25) is 0 Å². The van der Waals surface area contributed by atoms with Crippen molar-refractivity contribution in [3.05, 3.63) is 86.1 Å². The predicted octanol–water partition coefficient (Wildman–Crippen LogP) is 0.509. The molecule has 0 bridgehead atoms. The summed E-state index contributed by atoms with van der Waals surface area (Å²) < 4.78 is 13.8. The van der Waals surface area contributed by atoms with E-state index >= 15 is 0 Å². The number of rotatable bonds is 7. The quantitative estimate of drug-likeness (QED) is 0.204. The molecule has 6 rings (SSSR count). The molecular formula is C32H33N7O8. The average Bonchev–Trinajstić information content (AvgIpc) is 3.62. The molecule has 0 N–H and O–H groups in total. The summed E-state index contributed by atoms with van der Waals surface area (Å²) in [5.41, 5.74) is 0.673. The molecule has 4 aromatic rings. The number of ether oxygens (including phenoxy) is 2. The van der Waals surface area contributed by atoms with Gasteiger partial charge in [0, 0.05) is 40.3 Å². The number of carbonyl (C=O) groups excluding carboxylic acids is 4. The second-order valence-corrected chi connectivity index (χ2v) is 11.4. The fourth-order valence-corrected chi connectivity index (χ4v) is 6.21. The van der Waals surface area contributed by atoms with E-state index in [0.29, 0.717) is 44.2 Å². The van der Waals surface area contributed by atoms with Gasteiger partial charge in [-0.25, -0.2) is 19.3 Å². The zero-order valence-corrected chi connectivity index (χ0v) is 26.3. The van der Waals surface area contributed by atoms with Crippen LogP contribution in [0.5, 0.6) is 0 Å². The number of nitrogens with zero attached hydrogens (tertiary/aromatic N) is 7. The van der Waals surface area contributed by atoms with Crippen molar-refractivity contribution in [2.75, 3.05) is 50.2 Å². The van der Waals surface area contributed by atoms with Crippen molar-refractivity contribution in [3.63, 3.8) is 0 Å². The second-order valence-electron chi connectivity index (χ2n) is 11.4. The van der Waals surface area contributed by atoms with Crippen LogP contribution in [0.25, 0.3) is 11.2 Å². The molecule has 2 aromatic carbocycles. The molecule has 2 amide bonds. The number of hydrogen-bond acceptors (Lipinski definition) is 11. The molecule has 0 saturated carbocycles. The maximum Gasteiger partial charge on any atom is 0.337 e. The van der Waals surface area contributed by atoms with E-state index in [1.54, 1.807) is 7.05 Å². The maximum absolute atomic E-state index is 13.7. The molecule has 2 saturated heterocycles. The summed E-state index contributed by atoms with van der Waals surface area (Å²) in [5, 5.41) is 0. The Balaban J connectivity index is 1.27. The van der Waals surface area contributed by atoms with Gasteiger partial charge in [-0.15, -0.1) is 0 Å². The number of amides is 2. The summed E-state index contributed by atoms with van der Waals surface area (Å²) in [6.07, 6.45) is -0.0838. The third-order valence-corrected chi connectivity index (χ3v) is 8.69. The Hall–Kier alpha value is -5.57. The Bertz CT molecular complexity index is 2010. The standard InChI is InChI=1S/C32H33N7O8/c1-34-26-25(28(42)35(2)32(34)45)38(18-19-8-6-5-7-9-19)31(33-26)37-12-10-36(11-13-37)23-17-24(40)39(27(23)41)22-15-20(29(43)46-3)14-21(16-22)30(44)47-4/h5-9,14-16,23H,10-13,17-18H2,1-4H3. The first-order valence-corrected chi connectivity index (χ1v) is 14.9. The molecule has 1 unspecified atom stereocenters. The first-order valence-electron chi connectivity index (χ1n) is 14.9. The van der Waals surface area contributed by atoms with Crippen LogP contribution >= 0.6 is 0 Å². The Labute approximate surface area is 268 Å². The Morgan fingerprint density at radius 2 is 1.47 bits per heavy atom. The fraction of sp³-hybridized carbons (Fsp3) is 0.344. The van der Waals surface area contributed by atoms with E-state index < -0.39 is 41.0 Å². The lowest BCUT2D eigenvalue weighted by Gasteiger charge is -2.37. The van der Waals surface area contributed by atoms with Gasteiger partial charge < -0.3 is 14.4 Å². The number of hydrogen-bond donors (Lipinski definition) is 0. The fourth-order valence-electron chi connectivity index (χ4n) is 6.21. The molecule has 2 aliphatic heterocycles. The molecule has 47 heavy (non-hydrogen) atoms. The van der Waals surface area contributed by atoms with Gasteiger partial charge in [0.25, 0.3) is 11.5 Å². The number of methoxy groups -OCH3 is 2. The van der Waals surface area contributed by atoms with Gasteiger partial charge in [-0.1, -0.05) is 30.3 Å². The van der Waals surface area contributed by atoms with Crippen LogP contribution in [0, 0.1) is 0 Å². The van der Waals surface area contributed by atoms with Crippen molar-refractivity contribution in [1.29, 1.82) is 0 Å². The Morgan fingerprint density at radius 1 is 0.851 bits per heavy atom. The molecule has 0 spiro atoms. The smallest absolute Gasteiger partial charge is 0.337 e. The number of benzene rings is 2. The van der Waals surface area contributed by atoms with Gasteiger partial charge in [0.1, 0.15) is 0 Å². The van der Waals surface area contributed by atoms with E-state index in [1.807, 2.05) is 44.7 Å². The molecule has 1 atom stereocenters. The third kappa shape index (κ3) is 5.48. The van der Waals surface area contributed by atoms with Crippen LogP contribution in [0.1, 0.15) is 32.7 Å². The number of aryl methyl sites for hydroxylation is 1. The number of piperazine rings is 1. The summed E-state index contributed by atoms with van der Waals surface area (Å²) in [6, 6.07) is 12.8. The van der Waals surface area contributed by atoms with Crippen LogP contribution in [-0.4, -0.2) is 93.8 Å². The lowest BCUT2D eigenvalue weighted by molar-refractivity contribution is -0.123. The van der Waals surface area contributed by atoms with Crippen molar-refractivity contribution < 1.29 is 28.7 Å². The number of aromatic nitrogens is 4. The van der Waals surface area contributed by atoms with E-state index in [-0.39, 0.29) is 28.9 Å². The van der Waals surface area contributed by atoms with Gasteiger partial charge in [-0.2, -0.15) is 4.98 Å². The molecule has 4 heterocycles. The normalized spacial score (nSPS) is 17.1. The number of imidazole rings is 1. The van der Waals surface area contributed by atoms with Crippen molar-refractivity contribution in [1.82, 2.24) is 23.6 Å². The van der Waals surface area contributed by atoms with Crippen molar-refractivity contribution in [2.24, 2.45) is 14.1 Å². The molecule has 0 aliphatic carbocycles. The van der Waals surface area contributed by atoms with Crippen molar-refractivity contribution in [2.45, 2.75) is 19.0 Å². The van der Waals surface area contributed by atoms with Crippen LogP contribution in [0.4, 0.5) is 11.6 Å².